The van der Waals surface area contributed by atoms with Crippen molar-refractivity contribution in [1.82, 2.24) is 20.0 Å². The number of aromatic nitrogens is 2. The van der Waals surface area contributed by atoms with Gasteiger partial charge in [-0.1, -0.05) is 6.58 Å². The van der Waals surface area contributed by atoms with E-state index in [9.17, 15) is 35.2 Å². The molecule has 9 nitrogen and oxygen atoms in total. The van der Waals surface area contributed by atoms with Gasteiger partial charge in [-0.3, -0.25) is 9.78 Å². The third-order valence-electron chi connectivity index (χ3n) is 4.85. The number of nitrogens with zero attached hydrogens (tertiary/aromatic N) is 2. The zero-order valence-electron chi connectivity index (χ0n) is 20.9. The van der Waals surface area contributed by atoms with E-state index in [1.54, 1.807) is 24.5 Å². The predicted molar refractivity (Wildman–Crippen MR) is 134 cm³/mol. The van der Waals surface area contributed by atoms with Crippen molar-refractivity contribution in [3.05, 3.63) is 89.7 Å². The van der Waals surface area contributed by atoms with Crippen LogP contribution in [-0.2, 0) is 21.3 Å². The minimum atomic E-state index is -5.96. The summed E-state index contributed by atoms with van der Waals surface area (Å²) in [4.78, 5) is 20.8. The molecule has 212 valence electrons. The first-order valence-corrected chi connectivity index (χ1v) is 13.0. The molecule has 0 saturated heterocycles. The number of sulfonamides is 1. The number of allylic oxidation sites excluding steroid dienone is 4. The molecule has 3 N–H and O–H groups in total. The number of amides is 1. The van der Waals surface area contributed by atoms with E-state index < -0.39 is 46.0 Å². The second-order valence-electron chi connectivity index (χ2n) is 7.98. The molecule has 39 heavy (non-hydrogen) atoms. The maximum Gasteiger partial charge on any atom is 0.458 e. The summed E-state index contributed by atoms with van der Waals surface area (Å²) in [6.45, 7) is 3.79. The molecule has 0 aliphatic heterocycles. The second kappa shape index (κ2) is 13.3. The van der Waals surface area contributed by atoms with Gasteiger partial charge in [0.25, 0.3) is 5.91 Å². The van der Waals surface area contributed by atoms with Crippen LogP contribution in [0.2, 0.25) is 0 Å². The van der Waals surface area contributed by atoms with Crippen LogP contribution in [0, 0.1) is 0 Å². The summed E-state index contributed by atoms with van der Waals surface area (Å²) in [5, 5.41) is 5.29. The fraction of sp³-hybridized carbons (Fsp3) is 0.292. The number of carbonyl (C=O) groups is 1. The van der Waals surface area contributed by atoms with Crippen LogP contribution in [0.3, 0.4) is 0 Å². The van der Waals surface area contributed by atoms with Gasteiger partial charge in [0.15, 0.2) is 0 Å². The summed E-state index contributed by atoms with van der Waals surface area (Å²) in [5.41, 5.74) is -0.934. The van der Waals surface area contributed by atoms with Gasteiger partial charge in [0.05, 0.1) is 17.4 Å². The van der Waals surface area contributed by atoms with Crippen molar-refractivity contribution in [2.45, 2.75) is 25.6 Å². The second-order valence-corrected chi connectivity index (χ2v) is 9.81. The first-order valence-electron chi connectivity index (χ1n) is 11.1. The standard InChI is InChI=1S/C24H26F5N5O4S/c1-16(34-22(35)19-5-4-10-31-21(19)32-15-18-8-11-30-12-9-18)6-7-20(23(25,26)24(27,28)29)17(2)38-14-13-33-39(3,36)37/h4-12,33H,1,13-15H2,2-3H3,(H,31,32)(H,34,35)/b7-6-,20-17-. The normalized spacial score (nSPS) is 13.1. The molecule has 2 aromatic heterocycles. The summed E-state index contributed by atoms with van der Waals surface area (Å²) < 4.78 is 96.9. The quantitative estimate of drug-likeness (QED) is 0.143. The van der Waals surface area contributed by atoms with E-state index in [0.29, 0.717) is 12.6 Å². The maximum absolute atomic E-state index is 14.2. The van der Waals surface area contributed by atoms with E-state index in [4.69, 9.17) is 4.74 Å². The van der Waals surface area contributed by atoms with Crippen LogP contribution in [0.4, 0.5) is 27.8 Å². The molecule has 2 heterocycles. The van der Waals surface area contributed by atoms with Crippen molar-refractivity contribution in [1.29, 1.82) is 0 Å². The van der Waals surface area contributed by atoms with Gasteiger partial charge in [-0.05, 0) is 48.9 Å². The fourth-order valence-corrected chi connectivity index (χ4v) is 3.41. The molecule has 0 aromatic carbocycles. The van der Waals surface area contributed by atoms with Crippen molar-refractivity contribution in [3.63, 3.8) is 0 Å². The van der Waals surface area contributed by atoms with Crippen LogP contribution in [0.25, 0.3) is 0 Å². The van der Waals surface area contributed by atoms with Crippen LogP contribution in [0.5, 0.6) is 0 Å². The fourth-order valence-electron chi connectivity index (χ4n) is 2.96. The predicted octanol–water partition coefficient (Wildman–Crippen LogP) is 3.93. The minimum Gasteiger partial charge on any atom is -0.496 e. The Morgan fingerprint density at radius 3 is 2.38 bits per heavy atom. The zero-order valence-corrected chi connectivity index (χ0v) is 21.7. The Morgan fingerprint density at radius 2 is 1.77 bits per heavy atom. The van der Waals surface area contributed by atoms with E-state index in [1.807, 2.05) is 4.72 Å². The van der Waals surface area contributed by atoms with Gasteiger partial charge in [0.2, 0.25) is 10.0 Å². The Labute approximate surface area is 221 Å². The summed E-state index contributed by atoms with van der Waals surface area (Å²) in [7, 11) is -3.62. The number of ether oxygens (including phenoxy) is 1. The molecule has 2 rings (SSSR count). The molecule has 0 saturated carbocycles. The van der Waals surface area contributed by atoms with Gasteiger partial charge >= 0.3 is 12.1 Å². The number of rotatable bonds is 13. The van der Waals surface area contributed by atoms with Gasteiger partial charge in [-0.2, -0.15) is 22.0 Å². The van der Waals surface area contributed by atoms with E-state index in [-0.39, 0.29) is 23.6 Å². The zero-order chi connectivity index (χ0) is 29.3. The highest BCUT2D eigenvalue weighted by Crippen LogP contribution is 2.43. The molecule has 0 radical (unpaired) electrons. The number of nitrogens with one attached hydrogen (secondary N) is 3. The highest BCUT2D eigenvalue weighted by molar-refractivity contribution is 7.88. The lowest BCUT2D eigenvalue weighted by atomic mass is 10.1. The Kier molecular flexibility index (Phi) is 10.7. The molecular weight excluding hydrogens is 549 g/mol. The average molecular weight is 576 g/mol. The molecule has 0 bridgehead atoms. The Hall–Kier alpha value is -3.85. The van der Waals surface area contributed by atoms with Crippen LogP contribution in [0.1, 0.15) is 22.8 Å². The third kappa shape index (κ3) is 9.76. The number of pyridine rings is 2. The molecule has 0 aliphatic rings. The first kappa shape index (κ1) is 31.4. The Morgan fingerprint density at radius 1 is 1.10 bits per heavy atom. The van der Waals surface area contributed by atoms with E-state index in [2.05, 4.69) is 27.2 Å². The number of carbonyl (C=O) groups excluding carboxylic acids is 1. The molecule has 0 spiro atoms. The summed E-state index contributed by atoms with van der Waals surface area (Å²) in [5.74, 6) is -6.68. The van der Waals surface area contributed by atoms with Crippen LogP contribution in [-0.4, -0.2) is 55.8 Å². The van der Waals surface area contributed by atoms with E-state index in [1.165, 1.54) is 18.3 Å². The van der Waals surface area contributed by atoms with Gasteiger partial charge in [0, 0.05) is 37.4 Å². The first-order chi connectivity index (χ1) is 18.1. The molecule has 0 aliphatic carbocycles. The molecule has 0 unspecified atom stereocenters. The maximum atomic E-state index is 14.2. The molecule has 1 amide bonds. The lowest BCUT2D eigenvalue weighted by Gasteiger charge is -2.23. The summed E-state index contributed by atoms with van der Waals surface area (Å²) in [6, 6.07) is 6.41. The summed E-state index contributed by atoms with van der Waals surface area (Å²) in [6.07, 6.45) is 0.666. The number of alkyl halides is 5. The SMILES string of the molecule is C=C(/C=C\C(=C(/C)OCCNS(C)(=O)=O)C(F)(F)C(F)(F)F)NC(=O)c1cccnc1NCc1ccncc1. The lowest BCUT2D eigenvalue weighted by molar-refractivity contribution is -0.263. The highest BCUT2D eigenvalue weighted by Gasteiger charge is 2.60. The van der Waals surface area contributed by atoms with Crippen molar-refractivity contribution < 1.29 is 39.9 Å². The Balaban J connectivity index is 2.18. The molecular formula is C24H26F5N5O4S. The number of halogens is 5. The van der Waals surface area contributed by atoms with Crippen LogP contribution < -0.4 is 15.4 Å². The van der Waals surface area contributed by atoms with Crippen molar-refractivity contribution >= 4 is 21.7 Å². The largest absolute Gasteiger partial charge is 0.496 e. The van der Waals surface area contributed by atoms with E-state index in [0.717, 1.165) is 24.8 Å². The lowest BCUT2D eigenvalue weighted by Crippen LogP contribution is -2.38. The molecule has 0 fully saturated rings. The monoisotopic (exact) mass is 575 g/mol. The van der Waals surface area contributed by atoms with Gasteiger partial charge in [-0.25, -0.2) is 18.1 Å². The number of hydrogen-bond acceptors (Lipinski definition) is 7. The van der Waals surface area contributed by atoms with Gasteiger partial charge in [0.1, 0.15) is 18.2 Å². The van der Waals surface area contributed by atoms with Gasteiger partial charge in [-0.15, -0.1) is 0 Å². The number of hydrogen-bond donors (Lipinski definition) is 3. The molecule has 2 aromatic rings. The highest BCUT2D eigenvalue weighted by atomic mass is 32.2. The number of anilines is 1. The Bertz CT molecular complexity index is 1330. The molecule has 15 heteroatoms. The van der Waals surface area contributed by atoms with Gasteiger partial charge < -0.3 is 15.4 Å². The molecule has 0 atom stereocenters. The summed E-state index contributed by atoms with van der Waals surface area (Å²) >= 11 is 0. The van der Waals surface area contributed by atoms with Crippen molar-refractivity contribution in [3.8, 4) is 0 Å². The van der Waals surface area contributed by atoms with Crippen molar-refractivity contribution in [2.75, 3.05) is 24.7 Å². The topological polar surface area (TPSA) is 122 Å². The minimum absolute atomic E-state index is 0.0652. The van der Waals surface area contributed by atoms with Crippen molar-refractivity contribution in [2.24, 2.45) is 0 Å². The van der Waals surface area contributed by atoms with E-state index >= 15 is 0 Å². The van der Waals surface area contributed by atoms with Crippen LogP contribution in [0.15, 0.2) is 78.6 Å². The smallest absolute Gasteiger partial charge is 0.458 e. The third-order valence-corrected chi connectivity index (χ3v) is 5.57. The average Bonchev–Trinajstić information content (AvgIpc) is 2.85. The van der Waals surface area contributed by atoms with Crippen LogP contribution >= 0.6 is 0 Å².